The molecule has 0 saturated heterocycles. The Morgan fingerprint density at radius 3 is 2.55 bits per heavy atom. The Balaban J connectivity index is 1.56. The van der Waals surface area contributed by atoms with E-state index in [9.17, 15) is 4.79 Å². The molecule has 0 saturated carbocycles. The van der Waals surface area contributed by atoms with Gasteiger partial charge in [0.25, 0.3) is 5.56 Å². The van der Waals surface area contributed by atoms with E-state index < -0.39 is 0 Å². The molecule has 1 aliphatic heterocycles. The van der Waals surface area contributed by atoms with Gasteiger partial charge in [0.2, 0.25) is 0 Å². The van der Waals surface area contributed by atoms with Crippen LogP contribution in [0, 0.1) is 0 Å². The number of hydrogen-bond acceptors (Lipinski definition) is 6. The number of thiazole rings is 1. The first-order valence-corrected chi connectivity index (χ1v) is 13.5. The van der Waals surface area contributed by atoms with Crippen molar-refractivity contribution in [1.29, 1.82) is 0 Å². The van der Waals surface area contributed by atoms with Crippen LogP contribution in [0.5, 0.6) is 17.2 Å². The molecule has 6 nitrogen and oxygen atoms in total. The van der Waals surface area contributed by atoms with Gasteiger partial charge in [0.05, 0.1) is 37.1 Å². The zero-order valence-corrected chi connectivity index (χ0v) is 22.4. The first-order valence-electron chi connectivity index (χ1n) is 12.7. The van der Waals surface area contributed by atoms with Gasteiger partial charge in [-0.15, -0.1) is 0 Å². The summed E-state index contributed by atoms with van der Waals surface area (Å²) >= 11 is 1.42. The van der Waals surface area contributed by atoms with Gasteiger partial charge in [0.15, 0.2) is 16.3 Å². The molecule has 4 aromatic rings. The van der Waals surface area contributed by atoms with Crippen molar-refractivity contribution in [2.24, 2.45) is 4.99 Å². The number of ether oxygens (including phenoxy) is 3. The minimum atomic E-state index is -0.281. The van der Waals surface area contributed by atoms with E-state index in [1.165, 1.54) is 16.9 Å². The summed E-state index contributed by atoms with van der Waals surface area (Å²) in [4.78, 5) is 19.7. The monoisotopic (exact) mass is 524 g/mol. The van der Waals surface area contributed by atoms with Crippen LogP contribution in [0.15, 0.2) is 82.1 Å². The van der Waals surface area contributed by atoms with Crippen LogP contribution < -0.4 is 29.1 Å². The minimum absolute atomic E-state index is 0.0483. The van der Waals surface area contributed by atoms with E-state index in [1.807, 2.05) is 60.0 Å². The van der Waals surface area contributed by atoms with E-state index in [1.54, 1.807) is 14.2 Å². The molecule has 1 atom stereocenters. The second-order valence-electron chi connectivity index (χ2n) is 9.23. The van der Waals surface area contributed by atoms with Crippen molar-refractivity contribution in [2.75, 3.05) is 20.8 Å². The van der Waals surface area contributed by atoms with Gasteiger partial charge >= 0.3 is 0 Å². The summed E-state index contributed by atoms with van der Waals surface area (Å²) in [6.07, 6.45) is 3.67. The molecule has 0 spiro atoms. The molecule has 192 valence electrons. The number of aromatic nitrogens is 1. The summed E-state index contributed by atoms with van der Waals surface area (Å²) in [5, 5.41) is 0. The topological polar surface area (TPSA) is 62.0 Å². The standard InChI is InChI=1S/C31H28N2O4S/c1-4-37-22-13-9-19(10-14-22)17-27-30(34)33-29(21-12-16-25(35-2)26(18-21)36-3)24-15-11-20-7-5-6-8-23(20)28(24)32-31(33)38-27/h5-10,12-14,16-18,29H,4,11,15H2,1-3H3/b27-17-/t29-/m1/s1. The van der Waals surface area contributed by atoms with Gasteiger partial charge < -0.3 is 14.2 Å². The molecule has 0 radical (unpaired) electrons. The fourth-order valence-electron chi connectivity index (χ4n) is 5.32. The predicted octanol–water partition coefficient (Wildman–Crippen LogP) is 4.73. The molecular weight excluding hydrogens is 496 g/mol. The molecular formula is C31H28N2O4S. The van der Waals surface area contributed by atoms with Crippen LogP contribution >= 0.6 is 11.3 Å². The maximum Gasteiger partial charge on any atom is 0.271 e. The number of benzene rings is 3. The number of allylic oxidation sites excluding steroid dienone is 1. The number of aryl methyl sites for hydroxylation is 1. The molecule has 3 aromatic carbocycles. The van der Waals surface area contributed by atoms with E-state index in [0.29, 0.717) is 27.4 Å². The van der Waals surface area contributed by atoms with Gasteiger partial charge in [-0.2, -0.15) is 0 Å². The van der Waals surface area contributed by atoms with E-state index in [0.717, 1.165) is 46.6 Å². The Labute approximate surface area is 224 Å². The van der Waals surface area contributed by atoms with Gasteiger partial charge in [-0.25, -0.2) is 4.99 Å². The van der Waals surface area contributed by atoms with Crippen LogP contribution in [0.25, 0.3) is 11.8 Å². The van der Waals surface area contributed by atoms with Crippen LogP contribution in [-0.4, -0.2) is 25.4 Å². The fourth-order valence-corrected chi connectivity index (χ4v) is 6.32. The molecule has 0 N–H and O–H groups in total. The fraction of sp³-hybridized carbons (Fsp3) is 0.226. The lowest BCUT2D eigenvalue weighted by Crippen LogP contribution is -2.38. The number of hydrogen-bond donors (Lipinski definition) is 0. The summed E-state index contributed by atoms with van der Waals surface area (Å²) in [6, 6.07) is 21.8. The third-order valence-electron chi connectivity index (χ3n) is 7.09. The average molecular weight is 525 g/mol. The smallest absolute Gasteiger partial charge is 0.271 e. The average Bonchev–Trinajstić information content (AvgIpc) is 3.26. The maximum atomic E-state index is 13.9. The van der Waals surface area contributed by atoms with Crippen LogP contribution in [0.3, 0.4) is 0 Å². The van der Waals surface area contributed by atoms with E-state index in [-0.39, 0.29) is 11.6 Å². The maximum absolute atomic E-state index is 13.9. The highest BCUT2D eigenvalue weighted by Gasteiger charge is 2.33. The predicted molar refractivity (Wildman–Crippen MR) is 150 cm³/mol. The van der Waals surface area contributed by atoms with Crippen molar-refractivity contribution in [3.05, 3.63) is 114 Å². The zero-order valence-electron chi connectivity index (χ0n) is 21.6. The molecule has 2 heterocycles. The zero-order chi connectivity index (χ0) is 26.2. The highest BCUT2D eigenvalue weighted by atomic mass is 32.1. The van der Waals surface area contributed by atoms with Gasteiger partial charge in [-0.1, -0.05) is 53.8 Å². The Bertz CT molecular complexity index is 1730. The van der Waals surface area contributed by atoms with Crippen molar-refractivity contribution in [3.63, 3.8) is 0 Å². The van der Waals surface area contributed by atoms with Gasteiger partial charge in [-0.3, -0.25) is 9.36 Å². The summed E-state index contributed by atoms with van der Waals surface area (Å²) in [6.45, 7) is 2.57. The van der Waals surface area contributed by atoms with Crippen LogP contribution in [0.4, 0.5) is 0 Å². The normalized spacial score (nSPS) is 16.3. The molecule has 7 heteroatoms. The Hall–Kier alpha value is -4.10. The summed E-state index contributed by atoms with van der Waals surface area (Å²) in [7, 11) is 3.26. The third-order valence-corrected chi connectivity index (χ3v) is 8.07. The number of methoxy groups -OCH3 is 2. The highest BCUT2D eigenvalue weighted by Crippen LogP contribution is 2.42. The first kappa shape index (κ1) is 24.2. The van der Waals surface area contributed by atoms with Crippen LogP contribution in [-0.2, 0) is 6.42 Å². The Morgan fingerprint density at radius 1 is 1.00 bits per heavy atom. The number of nitrogens with zero attached hydrogens (tertiary/aromatic N) is 2. The Kier molecular flexibility index (Phi) is 6.37. The largest absolute Gasteiger partial charge is 0.494 e. The summed E-state index contributed by atoms with van der Waals surface area (Å²) in [5.74, 6) is 2.10. The minimum Gasteiger partial charge on any atom is -0.494 e. The molecule has 2 aliphatic rings. The van der Waals surface area contributed by atoms with Crippen molar-refractivity contribution in [3.8, 4) is 17.2 Å². The number of fused-ring (bicyclic) bond motifs is 3. The molecule has 1 aliphatic carbocycles. The lowest BCUT2D eigenvalue weighted by Gasteiger charge is -2.31. The quantitative estimate of drug-likeness (QED) is 0.366. The molecule has 1 aromatic heterocycles. The Morgan fingerprint density at radius 2 is 1.79 bits per heavy atom. The molecule has 38 heavy (non-hydrogen) atoms. The van der Waals surface area contributed by atoms with Gasteiger partial charge in [0.1, 0.15) is 5.75 Å². The molecule has 0 bridgehead atoms. The first-order chi connectivity index (χ1) is 18.6. The molecule has 0 amide bonds. The molecule has 0 fully saturated rings. The lowest BCUT2D eigenvalue weighted by molar-refractivity contribution is 0.340. The third kappa shape index (κ3) is 4.13. The van der Waals surface area contributed by atoms with E-state index in [2.05, 4.69) is 24.3 Å². The number of rotatable bonds is 6. The van der Waals surface area contributed by atoms with Crippen LogP contribution in [0.2, 0.25) is 0 Å². The SMILES string of the molecule is CCOc1ccc(/C=c2\sc3n(c2=O)[C@H](c2ccc(OC)c(OC)c2)C2=C(N=3)c3ccccc3CC2)cc1. The van der Waals surface area contributed by atoms with E-state index >= 15 is 0 Å². The molecule has 0 unspecified atom stereocenters. The highest BCUT2D eigenvalue weighted by molar-refractivity contribution is 7.07. The van der Waals surface area contributed by atoms with Crippen molar-refractivity contribution >= 4 is 23.1 Å². The second kappa shape index (κ2) is 9.99. The van der Waals surface area contributed by atoms with E-state index in [4.69, 9.17) is 19.2 Å². The lowest BCUT2D eigenvalue weighted by atomic mass is 9.83. The van der Waals surface area contributed by atoms with Gasteiger partial charge in [0, 0.05) is 5.56 Å². The summed E-state index contributed by atoms with van der Waals surface area (Å²) < 4.78 is 19.2. The second-order valence-corrected chi connectivity index (χ2v) is 10.2. The summed E-state index contributed by atoms with van der Waals surface area (Å²) in [5.41, 5.74) is 6.41. The van der Waals surface area contributed by atoms with Crippen molar-refractivity contribution < 1.29 is 14.2 Å². The molecule has 6 rings (SSSR count). The van der Waals surface area contributed by atoms with Gasteiger partial charge in [-0.05, 0) is 72.4 Å². The van der Waals surface area contributed by atoms with Crippen molar-refractivity contribution in [1.82, 2.24) is 4.57 Å². The van der Waals surface area contributed by atoms with Crippen molar-refractivity contribution in [2.45, 2.75) is 25.8 Å². The van der Waals surface area contributed by atoms with Crippen LogP contribution in [0.1, 0.15) is 41.6 Å².